The summed E-state index contributed by atoms with van der Waals surface area (Å²) in [6, 6.07) is 2.68. The van der Waals surface area contributed by atoms with E-state index in [9.17, 15) is 24.3 Å². The molecule has 0 aromatic heterocycles. The van der Waals surface area contributed by atoms with Gasteiger partial charge >= 0.3 is 24.2 Å². The molecule has 0 aliphatic rings. The van der Waals surface area contributed by atoms with E-state index in [0.717, 1.165) is 14.2 Å². The maximum atomic E-state index is 12.3. The van der Waals surface area contributed by atoms with Crippen molar-refractivity contribution in [1.29, 1.82) is 0 Å². The van der Waals surface area contributed by atoms with E-state index in [4.69, 9.17) is 19.9 Å². The summed E-state index contributed by atoms with van der Waals surface area (Å²) in [6.07, 6.45) is -1.59. The summed E-state index contributed by atoms with van der Waals surface area (Å²) in [4.78, 5) is 47.2. The van der Waals surface area contributed by atoms with Crippen molar-refractivity contribution in [1.82, 2.24) is 0 Å². The van der Waals surface area contributed by atoms with Crippen molar-refractivity contribution < 1.29 is 48.0 Å². The molecule has 0 aliphatic heterocycles. The largest absolute Gasteiger partial charge is 0.513 e. The van der Waals surface area contributed by atoms with Crippen LogP contribution in [0.25, 0.3) is 0 Å². The van der Waals surface area contributed by atoms with Crippen LogP contribution in [0.4, 0.5) is 9.59 Å². The molecule has 1 rings (SSSR count). The van der Waals surface area contributed by atoms with Gasteiger partial charge in [-0.1, -0.05) is 19.9 Å². The molecule has 0 spiro atoms. The molecule has 0 amide bonds. The standard InChI is InChI=1S/C22H31NO10/c1-7-22(3,4)19(26)31-11-12(2)16(17(23)18(24)25)13-8-9-14(32-20(27)29-5)15(10-13)33-21(28)30-6/h8-10,12,16-17H,7,11,23H2,1-6H3,(H,24,25)/t12?,16?,17-/m0/s1. The van der Waals surface area contributed by atoms with Gasteiger partial charge in [-0.2, -0.15) is 0 Å². The van der Waals surface area contributed by atoms with Crippen LogP contribution in [0.2, 0.25) is 0 Å². The van der Waals surface area contributed by atoms with Crippen molar-refractivity contribution in [2.75, 3.05) is 20.8 Å². The Bertz CT molecular complexity index is 867. The quantitative estimate of drug-likeness (QED) is 0.294. The third kappa shape index (κ3) is 7.63. The second-order valence-electron chi connectivity index (χ2n) is 8.02. The number of esters is 1. The Balaban J connectivity index is 3.33. The van der Waals surface area contributed by atoms with Crippen LogP contribution in [0.1, 0.15) is 45.6 Å². The van der Waals surface area contributed by atoms with Gasteiger partial charge in [-0.15, -0.1) is 0 Å². The minimum absolute atomic E-state index is 0.0957. The predicted molar refractivity (Wildman–Crippen MR) is 115 cm³/mol. The van der Waals surface area contributed by atoms with Gasteiger partial charge in [-0.25, -0.2) is 9.59 Å². The number of ether oxygens (including phenoxy) is 5. The number of carbonyl (C=O) groups is 4. The van der Waals surface area contributed by atoms with E-state index >= 15 is 0 Å². The fourth-order valence-corrected chi connectivity index (χ4v) is 2.85. The zero-order valence-electron chi connectivity index (χ0n) is 19.6. The number of carbonyl (C=O) groups excluding carboxylic acids is 3. The maximum absolute atomic E-state index is 12.3. The molecule has 0 saturated heterocycles. The highest BCUT2D eigenvalue weighted by Gasteiger charge is 2.34. The topological polar surface area (TPSA) is 161 Å². The highest BCUT2D eigenvalue weighted by atomic mass is 16.7. The molecule has 11 nitrogen and oxygen atoms in total. The minimum Gasteiger partial charge on any atom is -0.480 e. The molecule has 0 bridgehead atoms. The molecule has 0 fully saturated rings. The number of hydrogen-bond acceptors (Lipinski definition) is 10. The molecule has 0 radical (unpaired) electrons. The third-order valence-electron chi connectivity index (χ3n) is 5.27. The van der Waals surface area contributed by atoms with Crippen LogP contribution >= 0.6 is 0 Å². The molecular formula is C22H31NO10. The van der Waals surface area contributed by atoms with E-state index in [2.05, 4.69) is 9.47 Å². The summed E-state index contributed by atoms with van der Waals surface area (Å²) < 4.78 is 24.3. The van der Waals surface area contributed by atoms with Crippen LogP contribution in [-0.4, -0.2) is 56.2 Å². The monoisotopic (exact) mass is 469 g/mol. The third-order valence-corrected chi connectivity index (χ3v) is 5.27. The Morgan fingerprint density at radius 1 is 1.03 bits per heavy atom. The highest BCUT2D eigenvalue weighted by Crippen LogP contribution is 2.36. The molecule has 3 N–H and O–H groups in total. The van der Waals surface area contributed by atoms with Gasteiger partial charge in [0.05, 0.1) is 26.2 Å². The van der Waals surface area contributed by atoms with Crippen molar-refractivity contribution in [2.45, 2.75) is 46.1 Å². The minimum atomic E-state index is -1.38. The number of rotatable bonds is 10. The Labute approximate surface area is 192 Å². The lowest BCUT2D eigenvalue weighted by molar-refractivity contribution is -0.155. The van der Waals surface area contributed by atoms with Gasteiger partial charge in [0, 0.05) is 5.92 Å². The summed E-state index contributed by atoms with van der Waals surface area (Å²) in [5.41, 5.74) is 5.60. The molecule has 33 heavy (non-hydrogen) atoms. The average molecular weight is 469 g/mol. The van der Waals surface area contributed by atoms with Gasteiger partial charge < -0.3 is 34.5 Å². The summed E-state index contributed by atoms with van der Waals surface area (Å²) in [5.74, 6) is -3.47. The maximum Gasteiger partial charge on any atom is 0.513 e. The lowest BCUT2D eigenvalue weighted by Crippen LogP contribution is -2.41. The van der Waals surface area contributed by atoms with Crippen LogP contribution in [-0.2, 0) is 23.8 Å². The Morgan fingerprint density at radius 2 is 1.58 bits per heavy atom. The van der Waals surface area contributed by atoms with Crippen molar-refractivity contribution >= 4 is 24.2 Å². The molecule has 3 atom stereocenters. The van der Waals surface area contributed by atoms with E-state index in [1.807, 2.05) is 6.92 Å². The van der Waals surface area contributed by atoms with Gasteiger partial charge in [-0.05, 0) is 43.9 Å². The number of nitrogens with two attached hydrogens (primary N) is 1. The molecule has 0 saturated carbocycles. The SMILES string of the molecule is CCC(C)(C)C(=O)OCC(C)C(c1ccc(OC(=O)OC)c(OC(=O)OC)c1)[C@H](N)C(=O)O. The fourth-order valence-electron chi connectivity index (χ4n) is 2.85. The number of hydrogen-bond donors (Lipinski definition) is 2. The Morgan fingerprint density at radius 3 is 2.06 bits per heavy atom. The van der Waals surface area contributed by atoms with E-state index < -0.39 is 47.5 Å². The second-order valence-corrected chi connectivity index (χ2v) is 8.02. The first-order chi connectivity index (χ1) is 15.4. The number of carboxylic acids is 1. The zero-order valence-corrected chi connectivity index (χ0v) is 19.6. The van der Waals surface area contributed by atoms with E-state index in [1.54, 1.807) is 20.8 Å². The van der Waals surface area contributed by atoms with Gasteiger partial charge in [-0.3, -0.25) is 9.59 Å². The molecule has 1 aromatic carbocycles. The normalized spacial score (nSPS) is 13.8. The summed E-state index contributed by atoms with van der Waals surface area (Å²) >= 11 is 0. The van der Waals surface area contributed by atoms with E-state index in [-0.39, 0.29) is 18.1 Å². The second kappa shape index (κ2) is 12.0. The predicted octanol–water partition coefficient (Wildman–Crippen LogP) is 3.09. The molecule has 2 unspecified atom stereocenters. The van der Waals surface area contributed by atoms with Crippen LogP contribution in [0.15, 0.2) is 18.2 Å². The van der Waals surface area contributed by atoms with Gasteiger partial charge in [0.2, 0.25) is 0 Å². The summed E-state index contributed by atoms with van der Waals surface area (Å²) in [6.45, 7) is 6.93. The molecule has 11 heteroatoms. The fraction of sp³-hybridized carbons (Fsp3) is 0.545. The van der Waals surface area contributed by atoms with Crippen molar-refractivity contribution in [3.05, 3.63) is 23.8 Å². The smallest absolute Gasteiger partial charge is 0.480 e. The number of carboxylic acid groups (broad SMARTS) is 1. The lowest BCUT2D eigenvalue weighted by atomic mass is 9.81. The Kier molecular flexibility index (Phi) is 10.1. The van der Waals surface area contributed by atoms with Crippen LogP contribution < -0.4 is 15.2 Å². The average Bonchev–Trinajstić information content (AvgIpc) is 2.78. The van der Waals surface area contributed by atoms with E-state index in [1.165, 1.54) is 18.2 Å². The van der Waals surface area contributed by atoms with Crippen LogP contribution in [0, 0.1) is 11.3 Å². The van der Waals surface area contributed by atoms with Crippen LogP contribution in [0.3, 0.4) is 0 Å². The molecule has 184 valence electrons. The van der Waals surface area contributed by atoms with Crippen molar-refractivity contribution in [2.24, 2.45) is 17.1 Å². The zero-order chi connectivity index (χ0) is 25.3. The summed E-state index contributed by atoms with van der Waals surface area (Å²) in [5, 5.41) is 9.54. The van der Waals surface area contributed by atoms with Gasteiger partial charge in [0.15, 0.2) is 11.5 Å². The van der Waals surface area contributed by atoms with Crippen LogP contribution in [0.5, 0.6) is 11.5 Å². The van der Waals surface area contributed by atoms with E-state index in [0.29, 0.717) is 12.0 Å². The first-order valence-electron chi connectivity index (χ1n) is 10.2. The number of benzene rings is 1. The summed E-state index contributed by atoms with van der Waals surface area (Å²) in [7, 11) is 2.19. The number of aliphatic carboxylic acids is 1. The molecule has 0 heterocycles. The van der Waals surface area contributed by atoms with Gasteiger partial charge in [0.1, 0.15) is 6.04 Å². The van der Waals surface area contributed by atoms with Crippen molar-refractivity contribution in [3.63, 3.8) is 0 Å². The molecule has 1 aromatic rings. The Hall–Kier alpha value is -3.34. The first-order valence-corrected chi connectivity index (χ1v) is 10.2. The highest BCUT2D eigenvalue weighted by molar-refractivity contribution is 5.76. The number of methoxy groups -OCH3 is 2. The lowest BCUT2D eigenvalue weighted by Gasteiger charge is -2.29. The first kappa shape index (κ1) is 27.7. The van der Waals surface area contributed by atoms with Crippen molar-refractivity contribution in [3.8, 4) is 11.5 Å². The molecular weight excluding hydrogens is 438 g/mol. The van der Waals surface area contributed by atoms with Gasteiger partial charge in [0.25, 0.3) is 0 Å². The molecule has 0 aliphatic carbocycles.